The second kappa shape index (κ2) is 8.25. The molecule has 0 aromatic rings. The SMILES string of the molecule is CCC(=O)CCCCCCBr. The topological polar surface area (TPSA) is 17.1 Å². The van der Waals surface area contributed by atoms with Gasteiger partial charge in [-0.15, -0.1) is 0 Å². The molecule has 0 unspecified atom stereocenters. The molecule has 0 atom stereocenters. The summed E-state index contributed by atoms with van der Waals surface area (Å²) in [7, 11) is 0. The number of ketones is 1. The molecule has 0 radical (unpaired) electrons. The van der Waals surface area contributed by atoms with Gasteiger partial charge in [0.05, 0.1) is 0 Å². The summed E-state index contributed by atoms with van der Waals surface area (Å²) in [5.74, 6) is 0.406. The van der Waals surface area contributed by atoms with Gasteiger partial charge in [0.25, 0.3) is 0 Å². The number of alkyl halides is 1. The van der Waals surface area contributed by atoms with Gasteiger partial charge < -0.3 is 0 Å². The van der Waals surface area contributed by atoms with E-state index in [1.54, 1.807) is 0 Å². The van der Waals surface area contributed by atoms with Crippen molar-refractivity contribution in [3.8, 4) is 0 Å². The summed E-state index contributed by atoms with van der Waals surface area (Å²) in [6.45, 7) is 1.93. The van der Waals surface area contributed by atoms with Crippen LogP contribution in [0.1, 0.15) is 45.4 Å². The minimum atomic E-state index is 0.406. The van der Waals surface area contributed by atoms with Crippen molar-refractivity contribution in [3.05, 3.63) is 0 Å². The van der Waals surface area contributed by atoms with Crippen molar-refractivity contribution in [1.82, 2.24) is 0 Å². The molecule has 0 aromatic carbocycles. The van der Waals surface area contributed by atoms with Gasteiger partial charge in [-0.3, -0.25) is 4.79 Å². The fourth-order valence-corrected chi connectivity index (χ4v) is 1.34. The van der Waals surface area contributed by atoms with Crippen molar-refractivity contribution in [1.29, 1.82) is 0 Å². The van der Waals surface area contributed by atoms with Crippen LogP contribution in [0.2, 0.25) is 0 Å². The first kappa shape index (κ1) is 11.2. The minimum absolute atomic E-state index is 0.406. The Morgan fingerprint density at radius 1 is 1.18 bits per heavy atom. The molecule has 0 N–H and O–H groups in total. The van der Waals surface area contributed by atoms with Gasteiger partial charge in [0.2, 0.25) is 0 Å². The monoisotopic (exact) mass is 220 g/mol. The second-order valence-corrected chi connectivity index (χ2v) is 3.54. The van der Waals surface area contributed by atoms with Gasteiger partial charge in [0.1, 0.15) is 5.78 Å². The molecular formula is C9H17BrO. The quantitative estimate of drug-likeness (QED) is 0.476. The zero-order valence-corrected chi connectivity index (χ0v) is 8.82. The summed E-state index contributed by atoms with van der Waals surface area (Å²) in [4.78, 5) is 10.8. The predicted octanol–water partition coefficient (Wildman–Crippen LogP) is 3.31. The summed E-state index contributed by atoms with van der Waals surface area (Å²) < 4.78 is 0. The molecular weight excluding hydrogens is 204 g/mol. The largest absolute Gasteiger partial charge is 0.300 e. The third-order valence-electron chi connectivity index (χ3n) is 1.73. The highest BCUT2D eigenvalue weighted by Crippen LogP contribution is 2.05. The molecule has 0 bridgehead atoms. The third-order valence-corrected chi connectivity index (χ3v) is 2.29. The van der Waals surface area contributed by atoms with E-state index in [0.717, 1.165) is 18.2 Å². The lowest BCUT2D eigenvalue weighted by atomic mass is 10.1. The molecule has 1 nitrogen and oxygen atoms in total. The van der Waals surface area contributed by atoms with Gasteiger partial charge in [-0.1, -0.05) is 35.7 Å². The molecule has 0 heterocycles. The fraction of sp³-hybridized carbons (Fsp3) is 0.889. The highest BCUT2D eigenvalue weighted by molar-refractivity contribution is 9.09. The number of halogens is 1. The second-order valence-electron chi connectivity index (χ2n) is 2.75. The maximum absolute atomic E-state index is 10.8. The molecule has 0 saturated carbocycles. The number of hydrogen-bond donors (Lipinski definition) is 0. The van der Waals surface area contributed by atoms with E-state index >= 15 is 0 Å². The summed E-state index contributed by atoms with van der Waals surface area (Å²) in [6, 6.07) is 0. The van der Waals surface area contributed by atoms with Crippen LogP contribution in [0.5, 0.6) is 0 Å². The van der Waals surface area contributed by atoms with Crippen LogP contribution in [0.4, 0.5) is 0 Å². The zero-order valence-electron chi connectivity index (χ0n) is 7.24. The first-order valence-corrected chi connectivity index (χ1v) is 5.51. The molecule has 0 aliphatic rings. The smallest absolute Gasteiger partial charge is 0.132 e. The zero-order chi connectivity index (χ0) is 8.53. The number of hydrogen-bond acceptors (Lipinski definition) is 1. The Balaban J connectivity index is 2.95. The van der Waals surface area contributed by atoms with Crippen LogP contribution in [0.25, 0.3) is 0 Å². The van der Waals surface area contributed by atoms with Crippen LogP contribution < -0.4 is 0 Å². The van der Waals surface area contributed by atoms with Crippen molar-refractivity contribution < 1.29 is 4.79 Å². The first-order valence-electron chi connectivity index (χ1n) is 4.39. The van der Waals surface area contributed by atoms with Gasteiger partial charge in [0, 0.05) is 18.2 Å². The first-order chi connectivity index (χ1) is 5.31. The molecule has 0 aliphatic carbocycles. The minimum Gasteiger partial charge on any atom is -0.300 e. The van der Waals surface area contributed by atoms with Crippen molar-refractivity contribution >= 4 is 21.7 Å². The Hall–Kier alpha value is 0.150. The molecule has 0 rings (SSSR count). The number of carbonyl (C=O) groups excluding carboxylic acids is 1. The number of Topliss-reactive ketones (excluding diaryl/α,β-unsaturated/α-hetero) is 1. The number of unbranched alkanes of at least 4 members (excludes halogenated alkanes) is 3. The molecule has 66 valence electrons. The predicted molar refractivity (Wildman–Crippen MR) is 52.2 cm³/mol. The summed E-state index contributed by atoms with van der Waals surface area (Å²) in [5, 5.41) is 1.09. The van der Waals surface area contributed by atoms with E-state index in [4.69, 9.17) is 0 Å². The molecule has 0 aliphatic heterocycles. The molecule has 0 saturated heterocycles. The molecule has 0 amide bonds. The standard InChI is InChI=1S/C9H17BrO/c1-2-9(11)7-5-3-4-6-8-10/h2-8H2,1H3. The Kier molecular flexibility index (Phi) is 8.36. The Morgan fingerprint density at radius 3 is 2.36 bits per heavy atom. The maximum atomic E-state index is 10.8. The van der Waals surface area contributed by atoms with Crippen LogP contribution in [0.15, 0.2) is 0 Å². The van der Waals surface area contributed by atoms with Crippen LogP contribution in [0, 0.1) is 0 Å². The number of rotatable bonds is 7. The fourth-order valence-electron chi connectivity index (χ4n) is 0.947. The van der Waals surface area contributed by atoms with Crippen molar-refractivity contribution in [2.75, 3.05) is 5.33 Å². The lowest BCUT2D eigenvalue weighted by molar-refractivity contribution is -0.118. The van der Waals surface area contributed by atoms with E-state index in [1.165, 1.54) is 19.3 Å². The van der Waals surface area contributed by atoms with Gasteiger partial charge in [0.15, 0.2) is 0 Å². The van der Waals surface area contributed by atoms with E-state index in [2.05, 4.69) is 15.9 Å². The Morgan fingerprint density at radius 2 is 1.82 bits per heavy atom. The average Bonchev–Trinajstić information content (AvgIpc) is 2.04. The van der Waals surface area contributed by atoms with E-state index in [0.29, 0.717) is 12.2 Å². The van der Waals surface area contributed by atoms with Crippen LogP contribution in [-0.4, -0.2) is 11.1 Å². The van der Waals surface area contributed by atoms with Crippen LogP contribution in [0.3, 0.4) is 0 Å². The van der Waals surface area contributed by atoms with Crippen molar-refractivity contribution in [2.24, 2.45) is 0 Å². The van der Waals surface area contributed by atoms with E-state index in [9.17, 15) is 4.79 Å². The Bertz CT molecular complexity index is 102. The van der Waals surface area contributed by atoms with Gasteiger partial charge in [-0.25, -0.2) is 0 Å². The number of carbonyl (C=O) groups is 1. The average molecular weight is 221 g/mol. The van der Waals surface area contributed by atoms with E-state index in [-0.39, 0.29) is 0 Å². The highest BCUT2D eigenvalue weighted by atomic mass is 79.9. The Labute approximate surface area is 77.7 Å². The molecule has 0 spiro atoms. The van der Waals surface area contributed by atoms with Gasteiger partial charge in [-0.05, 0) is 12.8 Å². The highest BCUT2D eigenvalue weighted by Gasteiger charge is 1.96. The molecule has 11 heavy (non-hydrogen) atoms. The lowest BCUT2D eigenvalue weighted by Crippen LogP contribution is -1.94. The van der Waals surface area contributed by atoms with E-state index in [1.807, 2.05) is 6.92 Å². The van der Waals surface area contributed by atoms with Crippen molar-refractivity contribution in [2.45, 2.75) is 45.4 Å². The summed E-state index contributed by atoms with van der Waals surface area (Å²) in [6.07, 6.45) is 6.27. The van der Waals surface area contributed by atoms with Crippen molar-refractivity contribution in [3.63, 3.8) is 0 Å². The van der Waals surface area contributed by atoms with Crippen LogP contribution >= 0.6 is 15.9 Å². The van der Waals surface area contributed by atoms with Gasteiger partial charge in [-0.2, -0.15) is 0 Å². The van der Waals surface area contributed by atoms with Gasteiger partial charge >= 0.3 is 0 Å². The van der Waals surface area contributed by atoms with Crippen LogP contribution in [-0.2, 0) is 4.79 Å². The molecule has 0 fully saturated rings. The normalized spacial score (nSPS) is 10.0. The summed E-state index contributed by atoms with van der Waals surface area (Å²) >= 11 is 3.38. The third kappa shape index (κ3) is 8.05. The maximum Gasteiger partial charge on any atom is 0.132 e. The molecule has 0 aromatic heterocycles. The van der Waals surface area contributed by atoms with E-state index < -0.39 is 0 Å². The summed E-state index contributed by atoms with van der Waals surface area (Å²) in [5.41, 5.74) is 0. The lowest BCUT2D eigenvalue weighted by Gasteiger charge is -1.97. The molecule has 2 heteroatoms.